The number of fused-ring (bicyclic) bond motifs is 1. The molecule has 2 aromatic carbocycles. The molecule has 116 valence electrons. The van der Waals surface area contributed by atoms with Crippen molar-refractivity contribution in [3.8, 4) is 11.4 Å². The van der Waals surface area contributed by atoms with E-state index >= 15 is 0 Å². The number of para-hydroxylation sites is 1. The van der Waals surface area contributed by atoms with E-state index in [-0.39, 0.29) is 17.0 Å². The summed E-state index contributed by atoms with van der Waals surface area (Å²) in [5.41, 5.74) is 0.560. The summed E-state index contributed by atoms with van der Waals surface area (Å²) < 4.78 is 35.1. The number of ether oxygens (including phenoxy) is 1. The smallest absolute Gasteiger partial charge is 0.335 e. The van der Waals surface area contributed by atoms with Crippen molar-refractivity contribution in [2.75, 3.05) is 0 Å². The van der Waals surface area contributed by atoms with Crippen LogP contribution >= 0.6 is 0 Å². The maximum Gasteiger partial charge on any atom is 0.335 e. The average Bonchev–Trinajstić information content (AvgIpc) is 2.96. The Balaban J connectivity index is 2.30. The van der Waals surface area contributed by atoms with Crippen molar-refractivity contribution in [2.45, 2.75) is 6.92 Å². The molecule has 3 rings (SSSR count). The molecule has 23 heavy (non-hydrogen) atoms. The highest BCUT2D eigenvalue weighted by Gasteiger charge is 2.21. The van der Waals surface area contributed by atoms with Gasteiger partial charge in [0.1, 0.15) is 11.5 Å². The summed E-state index contributed by atoms with van der Waals surface area (Å²) in [5.74, 6) is -2.55. The number of rotatable bonds is 3. The first-order valence-electron chi connectivity index (χ1n) is 6.92. The van der Waals surface area contributed by atoms with Crippen LogP contribution in [0.25, 0.3) is 16.6 Å². The SMILES string of the molecule is C=CC(=O)Oc1cc(F)c(C)c(F)c1-n1ccc2ccccc21. The molecule has 0 atom stereocenters. The summed E-state index contributed by atoms with van der Waals surface area (Å²) in [6.07, 6.45) is 2.58. The van der Waals surface area contributed by atoms with Gasteiger partial charge in [0, 0.05) is 23.9 Å². The second-order valence-corrected chi connectivity index (χ2v) is 5.01. The zero-order chi connectivity index (χ0) is 16.6. The summed E-state index contributed by atoms with van der Waals surface area (Å²) in [6.45, 7) is 4.62. The van der Waals surface area contributed by atoms with Gasteiger partial charge in [-0.3, -0.25) is 0 Å². The molecule has 0 saturated carbocycles. The van der Waals surface area contributed by atoms with Gasteiger partial charge in [-0.15, -0.1) is 0 Å². The number of esters is 1. The summed E-state index contributed by atoms with van der Waals surface area (Å²) in [7, 11) is 0. The molecule has 1 heterocycles. The zero-order valence-electron chi connectivity index (χ0n) is 12.3. The van der Waals surface area contributed by atoms with Crippen LogP contribution < -0.4 is 4.74 Å². The van der Waals surface area contributed by atoms with E-state index in [9.17, 15) is 13.6 Å². The Bertz CT molecular complexity index is 928. The molecular formula is C18H13F2NO2. The molecule has 1 aromatic heterocycles. The molecule has 3 nitrogen and oxygen atoms in total. The minimum absolute atomic E-state index is 0.0136. The Morgan fingerprint density at radius 3 is 2.74 bits per heavy atom. The fourth-order valence-corrected chi connectivity index (χ4v) is 2.41. The molecule has 0 bridgehead atoms. The highest BCUT2D eigenvalue weighted by Crippen LogP contribution is 2.33. The van der Waals surface area contributed by atoms with E-state index in [1.165, 1.54) is 11.5 Å². The highest BCUT2D eigenvalue weighted by atomic mass is 19.1. The van der Waals surface area contributed by atoms with E-state index in [0.717, 1.165) is 17.5 Å². The molecule has 0 amide bonds. The number of nitrogens with zero attached hydrogens (tertiary/aromatic N) is 1. The van der Waals surface area contributed by atoms with Gasteiger partial charge in [0.15, 0.2) is 11.6 Å². The van der Waals surface area contributed by atoms with Gasteiger partial charge in [0.25, 0.3) is 0 Å². The Hall–Kier alpha value is -2.95. The van der Waals surface area contributed by atoms with E-state index < -0.39 is 17.6 Å². The topological polar surface area (TPSA) is 31.2 Å². The number of halogens is 2. The van der Waals surface area contributed by atoms with Gasteiger partial charge in [0.05, 0.1) is 5.52 Å². The molecule has 0 aliphatic rings. The van der Waals surface area contributed by atoms with Crippen LogP contribution in [0.5, 0.6) is 5.75 Å². The van der Waals surface area contributed by atoms with Crippen molar-refractivity contribution in [3.63, 3.8) is 0 Å². The first kappa shape index (κ1) is 15.0. The van der Waals surface area contributed by atoms with Gasteiger partial charge in [-0.05, 0) is 24.4 Å². The number of carbonyl (C=O) groups excluding carboxylic acids is 1. The van der Waals surface area contributed by atoms with E-state index in [2.05, 4.69) is 6.58 Å². The van der Waals surface area contributed by atoms with Gasteiger partial charge >= 0.3 is 5.97 Å². The van der Waals surface area contributed by atoms with Crippen LogP contribution in [0.3, 0.4) is 0 Å². The maximum absolute atomic E-state index is 14.7. The monoisotopic (exact) mass is 313 g/mol. The zero-order valence-corrected chi connectivity index (χ0v) is 12.3. The summed E-state index contributed by atoms with van der Waals surface area (Å²) in [5, 5.41) is 0.884. The van der Waals surface area contributed by atoms with Gasteiger partial charge in [-0.25, -0.2) is 13.6 Å². The van der Waals surface area contributed by atoms with Crippen molar-refractivity contribution in [1.82, 2.24) is 4.57 Å². The van der Waals surface area contributed by atoms with Crippen LogP contribution in [-0.4, -0.2) is 10.5 Å². The Kier molecular flexibility index (Phi) is 3.70. The van der Waals surface area contributed by atoms with Crippen molar-refractivity contribution < 1.29 is 18.3 Å². The lowest BCUT2D eigenvalue weighted by molar-refractivity contribution is -0.128. The first-order valence-corrected chi connectivity index (χ1v) is 6.92. The van der Waals surface area contributed by atoms with Crippen LogP contribution in [0.15, 0.2) is 55.3 Å². The fourth-order valence-electron chi connectivity index (χ4n) is 2.41. The Morgan fingerprint density at radius 2 is 2.00 bits per heavy atom. The summed E-state index contributed by atoms with van der Waals surface area (Å²) in [4.78, 5) is 11.5. The van der Waals surface area contributed by atoms with Crippen LogP contribution in [-0.2, 0) is 4.79 Å². The largest absolute Gasteiger partial charge is 0.421 e. The molecule has 0 aliphatic heterocycles. The third kappa shape index (κ3) is 2.50. The van der Waals surface area contributed by atoms with Crippen LogP contribution in [0.2, 0.25) is 0 Å². The van der Waals surface area contributed by atoms with E-state index in [4.69, 9.17) is 4.74 Å². The Labute approximate surface area is 131 Å². The molecular weight excluding hydrogens is 300 g/mol. The quantitative estimate of drug-likeness (QED) is 0.410. The molecule has 0 spiro atoms. The second kappa shape index (κ2) is 5.68. The lowest BCUT2D eigenvalue weighted by Crippen LogP contribution is -2.10. The lowest BCUT2D eigenvalue weighted by Gasteiger charge is -2.14. The number of aromatic nitrogens is 1. The molecule has 0 N–H and O–H groups in total. The van der Waals surface area contributed by atoms with Gasteiger partial charge in [-0.2, -0.15) is 0 Å². The molecule has 0 aliphatic carbocycles. The molecule has 0 radical (unpaired) electrons. The van der Waals surface area contributed by atoms with Crippen LogP contribution in [0.1, 0.15) is 5.56 Å². The number of benzene rings is 2. The Morgan fingerprint density at radius 1 is 1.26 bits per heavy atom. The summed E-state index contributed by atoms with van der Waals surface area (Å²) >= 11 is 0. The normalized spacial score (nSPS) is 10.7. The standard InChI is InChI=1S/C18H13F2NO2/c1-3-16(22)23-15-10-13(19)11(2)17(20)18(15)21-9-8-12-6-4-5-7-14(12)21/h3-10H,1H2,2H3. The maximum atomic E-state index is 14.7. The highest BCUT2D eigenvalue weighted by molar-refractivity contribution is 5.86. The van der Waals surface area contributed by atoms with Crippen molar-refractivity contribution in [3.05, 3.63) is 72.4 Å². The fraction of sp³-hybridized carbons (Fsp3) is 0.0556. The predicted molar refractivity (Wildman–Crippen MR) is 83.8 cm³/mol. The van der Waals surface area contributed by atoms with E-state index in [1.807, 2.05) is 18.2 Å². The van der Waals surface area contributed by atoms with Crippen LogP contribution in [0.4, 0.5) is 8.78 Å². The van der Waals surface area contributed by atoms with E-state index in [1.54, 1.807) is 18.3 Å². The second-order valence-electron chi connectivity index (χ2n) is 5.01. The third-order valence-electron chi connectivity index (χ3n) is 3.60. The lowest BCUT2D eigenvalue weighted by atomic mass is 10.1. The van der Waals surface area contributed by atoms with Crippen molar-refractivity contribution in [1.29, 1.82) is 0 Å². The first-order chi connectivity index (χ1) is 11.0. The number of hydrogen-bond acceptors (Lipinski definition) is 2. The molecule has 0 unspecified atom stereocenters. The predicted octanol–water partition coefficient (Wildman–Crippen LogP) is 4.31. The van der Waals surface area contributed by atoms with Gasteiger partial charge in [-0.1, -0.05) is 24.8 Å². The van der Waals surface area contributed by atoms with Gasteiger partial charge in [0.2, 0.25) is 0 Å². The molecule has 0 saturated heterocycles. The molecule has 0 fully saturated rings. The molecule has 3 aromatic rings. The minimum atomic E-state index is -0.787. The average molecular weight is 313 g/mol. The van der Waals surface area contributed by atoms with Crippen molar-refractivity contribution >= 4 is 16.9 Å². The third-order valence-corrected chi connectivity index (χ3v) is 3.60. The number of hydrogen-bond donors (Lipinski definition) is 0. The minimum Gasteiger partial charge on any atom is -0.421 e. The van der Waals surface area contributed by atoms with Crippen molar-refractivity contribution in [2.24, 2.45) is 0 Å². The van der Waals surface area contributed by atoms with Crippen LogP contribution in [0, 0.1) is 18.6 Å². The van der Waals surface area contributed by atoms with E-state index in [0.29, 0.717) is 5.52 Å². The van der Waals surface area contributed by atoms with Gasteiger partial charge < -0.3 is 9.30 Å². The number of carbonyl (C=O) groups is 1. The molecule has 5 heteroatoms. The summed E-state index contributed by atoms with van der Waals surface area (Å²) in [6, 6.07) is 10.1.